The van der Waals surface area contributed by atoms with E-state index < -0.39 is 34.8 Å². The Morgan fingerprint density at radius 3 is 1.57 bits per heavy atom. The van der Waals surface area contributed by atoms with E-state index in [1.165, 1.54) is 57.9 Å². The number of benzene rings is 1. The Morgan fingerprint density at radius 2 is 1.07 bits per heavy atom. The molecule has 0 spiro atoms. The summed E-state index contributed by atoms with van der Waals surface area (Å²) in [5.41, 5.74) is 0. The lowest BCUT2D eigenvalue weighted by molar-refractivity contribution is -0.697. The maximum Gasteiger partial charge on any atom is 0.200 e. The van der Waals surface area contributed by atoms with E-state index in [1.807, 2.05) is 0 Å². The number of hydrogen-bond acceptors (Lipinski definition) is 1. The Hall–Kier alpha value is -2.18. The molecular formula is C21H26F5NO. The van der Waals surface area contributed by atoms with Crippen LogP contribution in [0.5, 0.6) is 5.75 Å². The van der Waals surface area contributed by atoms with Gasteiger partial charge in [0.05, 0.1) is 0 Å². The largest absolute Gasteiger partial charge is 0.868 e. The monoisotopic (exact) mass is 403 g/mol. The Labute approximate surface area is 162 Å². The SMILES string of the molecule is CCCCCCCCCC[n+]1ccccc1.[O-]c1c(F)c(F)c(F)c(F)c1F. The second-order valence-electron chi connectivity index (χ2n) is 6.49. The predicted octanol–water partition coefficient (Wildman–Crippen LogP) is 5.57. The van der Waals surface area contributed by atoms with Crippen LogP contribution >= 0.6 is 0 Å². The number of hydrogen-bond donors (Lipinski definition) is 0. The Balaban J connectivity index is 0.000000292. The molecule has 2 rings (SSSR count). The average molecular weight is 403 g/mol. The number of aromatic nitrogens is 1. The fraction of sp³-hybridized carbons (Fsp3) is 0.476. The zero-order valence-electron chi connectivity index (χ0n) is 16.0. The van der Waals surface area contributed by atoms with Gasteiger partial charge in [-0.2, -0.15) is 0 Å². The van der Waals surface area contributed by atoms with Gasteiger partial charge in [-0.25, -0.2) is 26.5 Å². The summed E-state index contributed by atoms with van der Waals surface area (Å²) < 4.78 is 62.7. The van der Waals surface area contributed by atoms with Crippen LogP contribution in [0.1, 0.15) is 58.3 Å². The van der Waals surface area contributed by atoms with Crippen LogP contribution in [0.25, 0.3) is 0 Å². The number of halogens is 5. The van der Waals surface area contributed by atoms with Crippen molar-refractivity contribution >= 4 is 0 Å². The van der Waals surface area contributed by atoms with E-state index in [-0.39, 0.29) is 0 Å². The quantitative estimate of drug-likeness (QED) is 0.177. The van der Waals surface area contributed by atoms with Crippen molar-refractivity contribution in [2.24, 2.45) is 0 Å². The Bertz CT molecular complexity index is 605. The molecule has 0 aliphatic carbocycles. The highest BCUT2D eigenvalue weighted by Gasteiger charge is 2.20. The fourth-order valence-corrected chi connectivity index (χ4v) is 2.60. The molecule has 2 nitrogen and oxygen atoms in total. The highest BCUT2D eigenvalue weighted by Crippen LogP contribution is 2.25. The molecule has 0 unspecified atom stereocenters. The van der Waals surface area contributed by atoms with Crippen LogP contribution in [0.4, 0.5) is 22.0 Å². The van der Waals surface area contributed by atoms with Crippen molar-refractivity contribution in [3.05, 3.63) is 59.7 Å². The van der Waals surface area contributed by atoms with E-state index in [1.54, 1.807) is 0 Å². The summed E-state index contributed by atoms with van der Waals surface area (Å²) in [4.78, 5) is 0. The van der Waals surface area contributed by atoms with E-state index in [4.69, 9.17) is 0 Å². The van der Waals surface area contributed by atoms with Gasteiger partial charge in [0.2, 0.25) is 0 Å². The van der Waals surface area contributed by atoms with Crippen molar-refractivity contribution in [3.63, 3.8) is 0 Å². The third kappa shape index (κ3) is 7.82. The van der Waals surface area contributed by atoms with Gasteiger partial charge in [0.1, 0.15) is 6.54 Å². The van der Waals surface area contributed by atoms with Gasteiger partial charge in [-0.05, 0) is 12.2 Å². The number of pyridine rings is 1. The van der Waals surface area contributed by atoms with Crippen molar-refractivity contribution in [3.8, 4) is 5.75 Å². The third-order valence-electron chi connectivity index (χ3n) is 4.22. The summed E-state index contributed by atoms with van der Waals surface area (Å²) in [6.07, 6.45) is 15.5. The van der Waals surface area contributed by atoms with Crippen LogP contribution in [-0.4, -0.2) is 0 Å². The van der Waals surface area contributed by atoms with Gasteiger partial charge in [0, 0.05) is 18.6 Å². The van der Waals surface area contributed by atoms with Gasteiger partial charge in [0.15, 0.2) is 41.5 Å². The highest BCUT2D eigenvalue weighted by molar-refractivity contribution is 5.26. The second-order valence-corrected chi connectivity index (χ2v) is 6.49. The smallest absolute Gasteiger partial charge is 0.200 e. The summed E-state index contributed by atoms with van der Waals surface area (Å²) in [6.45, 7) is 3.45. The van der Waals surface area contributed by atoms with Crippen LogP contribution in [0.15, 0.2) is 30.6 Å². The summed E-state index contributed by atoms with van der Waals surface area (Å²) in [5.74, 6) is -13.6. The molecule has 0 atom stereocenters. The topological polar surface area (TPSA) is 26.9 Å². The molecule has 0 amide bonds. The first kappa shape index (κ1) is 23.9. The minimum atomic E-state index is -2.33. The van der Waals surface area contributed by atoms with Gasteiger partial charge >= 0.3 is 0 Å². The Kier molecular flexibility index (Phi) is 11.1. The molecule has 0 radical (unpaired) electrons. The number of nitrogens with zero attached hydrogens (tertiary/aromatic N) is 1. The standard InChI is InChI=1S/C15H26N.C6HF5O/c1-2-3-4-5-6-7-8-10-13-16-14-11-9-12-15-16;7-1-2(8)4(10)6(12)5(11)3(1)9/h9,11-12,14-15H,2-8,10,13H2,1H3;12H/q+1;/p-1. The molecule has 0 fully saturated rings. The molecule has 0 N–H and O–H groups in total. The first-order chi connectivity index (χ1) is 13.4. The van der Waals surface area contributed by atoms with Crippen molar-refractivity contribution in [2.45, 2.75) is 64.8 Å². The molecule has 1 heterocycles. The molecule has 0 saturated heterocycles. The minimum absolute atomic E-state index is 1.18. The molecule has 0 aliphatic heterocycles. The number of unbranched alkanes of at least 4 members (excludes halogenated alkanes) is 7. The lowest BCUT2D eigenvalue weighted by Gasteiger charge is -2.09. The lowest BCUT2D eigenvalue weighted by Crippen LogP contribution is -2.32. The van der Waals surface area contributed by atoms with Gasteiger partial charge in [-0.1, -0.05) is 51.5 Å². The summed E-state index contributed by atoms with van der Waals surface area (Å²) >= 11 is 0. The zero-order valence-corrected chi connectivity index (χ0v) is 16.0. The molecule has 0 bridgehead atoms. The van der Waals surface area contributed by atoms with Crippen LogP contribution in [0.2, 0.25) is 0 Å². The van der Waals surface area contributed by atoms with Crippen molar-refractivity contribution < 1.29 is 31.6 Å². The van der Waals surface area contributed by atoms with Gasteiger partial charge in [0.25, 0.3) is 0 Å². The normalized spacial score (nSPS) is 10.5. The zero-order chi connectivity index (χ0) is 20.9. The third-order valence-corrected chi connectivity index (χ3v) is 4.22. The maximum absolute atomic E-state index is 12.1. The predicted molar refractivity (Wildman–Crippen MR) is 94.9 cm³/mol. The molecule has 0 saturated carbocycles. The molecule has 28 heavy (non-hydrogen) atoms. The average Bonchev–Trinajstić information content (AvgIpc) is 2.72. The molecule has 156 valence electrons. The van der Waals surface area contributed by atoms with Crippen molar-refractivity contribution in [2.75, 3.05) is 0 Å². The van der Waals surface area contributed by atoms with Gasteiger partial charge in [-0.15, -0.1) is 0 Å². The number of rotatable bonds is 9. The number of aryl methyl sites for hydroxylation is 1. The van der Waals surface area contributed by atoms with Crippen LogP contribution in [0.3, 0.4) is 0 Å². The molecule has 7 heteroatoms. The van der Waals surface area contributed by atoms with E-state index >= 15 is 0 Å². The molecular weight excluding hydrogens is 377 g/mol. The van der Waals surface area contributed by atoms with E-state index in [0.717, 1.165) is 0 Å². The van der Waals surface area contributed by atoms with E-state index in [2.05, 4.69) is 42.1 Å². The van der Waals surface area contributed by atoms with E-state index in [9.17, 15) is 27.1 Å². The van der Waals surface area contributed by atoms with Crippen LogP contribution in [0, 0.1) is 29.1 Å². The summed E-state index contributed by atoms with van der Waals surface area (Å²) in [7, 11) is 0. The van der Waals surface area contributed by atoms with Crippen LogP contribution < -0.4 is 9.67 Å². The first-order valence-corrected chi connectivity index (χ1v) is 9.52. The lowest BCUT2D eigenvalue weighted by atomic mass is 10.1. The van der Waals surface area contributed by atoms with E-state index in [0.29, 0.717) is 0 Å². The molecule has 1 aromatic heterocycles. The second kappa shape index (κ2) is 13.1. The molecule has 2 aromatic rings. The highest BCUT2D eigenvalue weighted by atomic mass is 19.2. The first-order valence-electron chi connectivity index (χ1n) is 9.52. The van der Waals surface area contributed by atoms with Gasteiger partial charge < -0.3 is 5.11 Å². The maximum atomic E-state index is 12.1. The van der Waals surface area contributed by atoms with Crippen LogP contribution in [-0.2, 0) is 6.54 Å². The summed E-state index contributed by atoms with van der Waals surface area (Å²) in [5, 5.41) is 10.2. The molecule has 1 aromatic carbocycles. The minimum Gasteiger partial charge on any atom is -0.868 e. The fourth-order valence-electron chi connectivity index (χ4n) is 2.60. The van der Waals surface area contributed by atoms with Crippen molar-refractivity contribution in [1.82, 2.24) is 0 Å². The summed E-state index contributed by atoms with van der Waals surface area (Å²) in [6, 6.07) is 6.28. The Morgan fingerprint density at radius 1 is 0.643 bits per heavy atom. The van der Waals surface area contributed by atoms with Gasteiger partial charge in [-0.3, -0.25) is 0 Å². The molecule has 0 aliphatic rings. The van der Waals surface area contributed by atoms with Crippen molar-refractivity contribution in [1.29, 1.82) is 0 Å².